The summed E-state index contributed by atoms with van der Waals surface area (Å²) in [4.78, 5) is 25.6. The largest absolute Gasteiger partial charge is 0.496 e. The molecule has 0 aliphatic carbocycles. The number of halogens is 1. The highest BCUT2D eigenvalue weighted by atomic mass is 79.9. The Morgan fingerprint density at radius 3 is 2.27 bits per heavy atom. The topological polar surface area (TPSA) is 59.0 Å². The minimum atomic E-state index is -0.440. The lowest BCUT2D eigenvalue weighted by Crippen LogP contribution is -2.36. The molecular formula is C20H13BrN2O3. The highest BCUT2D eigenvalue weighted by molar-refractivity contribution is 9.10. The van der Waals surface area contributed by atoms with Crippen LogP contribution in [0.1, 0.15) is 26.3 Å². The van der Waals surface area contributed by atoms with E-state index in [4.69, 9.17) is 4.74 Å². The summed E-state index contributed by atoms with van der Waals surface area (Å²) < 4.78 is 6.14. The summed E-state index contributed by atoms with van der Waals surface area (Å²) in [5.74, 6) is -0.287. The molecular weight excluding hydrogens is 396 g/mol. The molecule has 5 nitrogen and oxygen atoms in total. The Morgan fingerprint density at radius 2 is 1.65 bits per heavy atom. The average Bonchev–Trinajstić information content (AvgIpc) is 2.66. The number of methoxy groups -OCH3 is 1. The molecule has 0 N–H and O–H groups in total. The molecule has 0 fully saturated rings. The first kappa shape index (κ1) is 16.5. The highest BCUT2D eigenvalue weighted by Crippen LogP contribution is 2.30. The first-order valence-electron chi connectivity index (χ1n) is 7.88. The van der Waals surface area contributed by atoms with Crippen molar-refractivity contribution in [3.05, 3.63) is 75.8 Å². The van der Waals surface area contributed by atoms with Gasteiger partial charge in [0.25, 0.3) is 11.8 Å². The first-order valence-corrected chi connectivity index (χ1v) is 8.67. The average molecular weight is 409 g/mol. The Kier molecular flexibility index (Phi) is 4.05. The Labute approximate surface area is 158 Å². The third-order valence-corrected chi connectivity index (χ3v) is 4.75. The Bertz CT molecular complexity index is 1040. The van der Waals surface area contributed by atoms with Crippen LogP contribution in [0.2, 0.25) is 0 Å². The van der Waals surface area contributed by atoms with Crippen LogP contribution in [0.3, 0.4) is 0 Å². The summed E-state index contributed by atoms with van der Waals surface area (Å²) in [6.45, 7) is 0. The van der Waals surface area contributed by atoms with Gasteiger partial charge >= 0.3 is 0 Å². The van der Waals surface area contributed by atoms with Crippen LogP contribution in [-0.2, 0) is 0 Å². The van der Waals surface area contributed by atoms with Gasteiger partial charge in [-0.1, -0.05) is 40.2 Å². The molecule has 1 aliphatic rings. The maximum Gasteiger partial charge on any atom is 0.282 e. The number of carbonyl (C=O) groups excluding carboxylic acids is 2. The summed E-state index contributed by atoms with van der Waals surface area (Å²) in [5, 5.41) is 6.60. The summed E-state index contributed by atoms with van der Waals surface area (Å²) in [7, 11) is 1.55. The molecule has 1 aliphatic heterocycles. The van der Waals surface area contributed by atoms with Crippen molar-refractivity contribution in [3.63, 3.8) is 0 Å². The van der Waals surface area contributed by atoms with E-state index in [2.05, 4.69) is 21.0 Å². The Morgan fingerprint density at radius 1 is 1.00 bits per heavy atom. The van der Waals surface area contributed by atoms with Crippen LogP contribution in [0.15, 0.2) is 64.2 Å². The summed E-state index contributed by atoms with van der Waals surface area (Å²) in [5.41, 5.74) is 1.59. The lowest BCUT2D eigenvalue weighted by Gasteiger charge is -2.23. The number of carbonyl (C=O) groups is 2. The van der Waals surface area contributed by atoms with E-state index >= 15 is 0 Å². The van der Waals surface area contributed by atoms with E-state index in [0.29, 0.717) is 27.8 Å². The summed E-state index contributed by atoms with van der Waals surface area (Å²) in [6, 6.07) is 16.2. The van der Waals surface area contributed by atoms with Crippen LogP contribution in [0, 0.1) is 0 Å². The molecule has 0 saturated heterocycles. The van der Waals surface area contributed by atoms with Gasteiger partial charge < -0.3 is 4.74 Å². The van der Waals surface area contributed by atoms with Gasteiger partial charge in [-0.05, 0) is 35.7 Å². The van der Waals surface area contributed by atoms with Crippen LogP contribution in [0.4, 0.5) is 0 Å². The third-order valence-electron chi connectivity index (χ3n) is 4.25. The van der Waals surface area contributed by atoms with Crippen molar-refractivity contribution in [2.75, 3.05) is 7.11 Å². The van der Waals surface area contributed by atoms with E-state index in [1.807, 2.05) is 18.2 Å². The smallest absolute Gasteiger partial charge is 0.282 e. The van der Waals surface area contributed by atoms with Gasteiger partial charge in [-0.2, -0.15) is 10.1 Å². The molecule has 0 radical (unpaired) electrons. The summed E-state index contributed by atoms with van der Waals surface area (Å²) in [6.07, 6.45) is 1.45. The van der Waals surface area contributed by atoms with Crippen LogP contribution >= 0.6 is 15.9 Å². The molecule has 0 saturated carbocycles. The van der Waals surface area contributed by atoms with Crippen LogP contribution in [0.25, 0.3) is 10.8 Å². The number of hydrogen-bond acceptors (Lipinski definition) is 4. The van der Waals surface area contributed by atoms with E-state index < -0.39 is 11.8 Å². The van der Waals surface area contributed by atoms with Crippen molar-refractivity contribution in [2.45, 2.75) is 0 Å². The van der Waals surface area contributed by atoms with Gasteiger partial charge in [-0.3, -0.25) is 9.59 Å². The van der Waals surface area contributed by atoms with E-state index in [-0.39, 0.29) is 0 Å². The summed E-state index contributed by atoms with van der Waals surface area (Å²) >= 11 is 3.39. The number of imide groups is 1. The minimum Gasteiger partial charge on any atom is -0.496 e. The second-order valence-corrected chi connectivity index (χ2v) is 6.68. The van der Waals surface area contributed by atoms with Gasteiger partial charge in [0, 0.05) is 15.4 Å². The van der Waals surface area contributed by atoms with Crippen molar-refractivity contribution in [1.82, 2.24) is 5.01 Å². The van der Waals surface area contributed by atoms with E-state index in [1.165, 1.54) is 6.21 Å². The maximum atomic E-state index is 12.8. The number of nitrogens with zero attached hydrogens (tertiary/aromatic N) is 2. The van der Waals surface area contributed by atoms with Gasteiger partial charge in [0.05, 0.1) is 24.5 Å². The van der Waals surface area contributed by atoms with E-state index in [0.717, 1.165) is 14.9 Å². The normalized spacial score (nSPS) is 13.7. The van der Waals surface area contributed by atoms with Crippen molar-refractivity contribution in [1.29, 1.82) is 0 Å². The number of hydrogen-bond donors (Lipinski definition) is 0. The second-order valence-electron chi connectivity index (χ2n) is 5.76. The lowest BCUT2D eigenvalue weighted by molar-refractivity contribution is 0.0616. The standard InChI is InChI=1S/C20H13BrN2O3/c1-26-17-9-8-14(21)10-13(17)11-22-23-19(24)15-6-2-4-12-5-3-7-16(18(12)15)20(23)25/h2-11H,1H3/b22-11-. The zero-order chi connectivity index (χ0) is 18.3. The Balaban J connectivity index is 1.79. The monoisotopic (exact) mass is 408 g/mol. The van der Waals surface area contributed by atoms with Gasteiger partial charge in [0.15, 0.2) is 0 Å². The van der Waals surface area contributed by atoms with Crippen molar-refractivity contribution >= 4 is 44.7 Å². The SMILES string of the molecule is COc1ccc(Br)cc1/C=N\N1C(=O)c2cccc3cccc(c23)C1=O. The van der Waals surface area contributed by atoms with Gasteiger partial charge in [0.2, 0.25) is 0 Å². The van der Waals surface area contributed by atoms with Crippen LogP contribution in [-0.4, -0.2) is 30.1 Å². The number of hydrazone groups is 1. The van der Waals surface area contributed by atoms with Crippen molar-refractivity contribution < 1.29 is 14.3 Å². The van der Waals surface area contributed by atoms with E-state index in [9.17, 15) is 9.59 Å². The second kappa shape index (κ2) is 6.38. The molecule has 0 atom stereocenters. The van der Waals surface area contributed by atoms with Crippen molar-refractivity contribution in [3.8, 4) is 5.75 Å². The quantitative estimate of drug-likeness (QED) is 0.480. The number of rotatable bonds is 3. The molecule has 26 heavy (non-hydrogen) atoms. The Hall–Kier alpha value is -2.99. The number of amides is 2. The lowest BCUT2D eigenvalue weighted by atomic mass is 9.95. The predicted octanol–water partition coefficient (Wildman–Crippen LogP) is 4.24. The molecule has 0 bridgehead atoms. The molecule has 3 aromatic rings. The zero-order valence-electron chi connectivity index (χ0n) is 13.8. The molecule has 4 rings (SSSR count). The number of ether oxygens (including phenoxy) is 1. The minimum absolute atomic E-state index is 0.440. The zero-order valence-corrected chi connectivity index (χ0v) is 15.4. The molecule has 0 spiro atoms. The van der Waals surface area contributed by atoms with E-state index in [1.54, 1.807) is 43.5 Å². The van der Waals surface area contributed by atoms with Crippen molar-refractivity contribution in [2.24, 2.45) is 5.10 Å². The molecule has 3 aromatic carbocycles. The fraction of sp³-hybridized carbons (Fsp3) is 0.0500. The third kappa shape index (κ3) is 2.59. The fourth-order valence-electron chi connectivity index (χ4n) is 3.05. The first-order chi connectivity index (χ1) is 12.6. The molecule has 6 heteroatoms. The molecule has 2 amide bonds. The maximum absolute atomic E-state index is 12.8. The van der Waals surface area contributed by atoms with Gasteiger partial charge in [0.1, 0.15) is 5.75 Å². The van der Waals surface area contributed by atoms with Crippen LogP contribution in [0.5, 0.6) is 5.75 Å². The number of benzene rings is 3. The van der Waals surface area contributed by atoms with Crippen LogP contribution < -0.4 is 4.74 Å². The van der Waals surface area contributed by atoms with Gasteiger partial charge in [-0.15, -0.1) is 0 Å². The molecule has 128 valence electrons. The highest BCUT2D eigenvalue weighted by Gasteiger charge is 2.32. The molecule has 1 heterocycles. The molecule has 0 unspecified atom stereocenters. The fourth-order valence-corrected chi connectivity index (χ4v) is 3.43. The predicted molar refractivity (Wildman–Crippen MR) is 103 cm³/mol. The molecule has 0 aromatic heterocycles. The van der Waals surface area contributed by atoms with Gasteiger partial charge in [-0.25, -0.2) is 0 Å².